The summed E-state index contributed by atoms with van der Waals surface area (Å²) in [5.74, 6) is 0. The first-order chi connectivity index (χ1) is 12.8. The fourth-order valence-corrected chi connectivity index (χ4v) is 3.15. The van der Waals surface area contributed by atoms with E-state index in [1.807, 2.05) is 18.2 Å². The SMILES string of the molecule is NCC(OCC1=CC(CCc2ccccc2)=CCC=C1)c1ccccc1. The monoisotopic (exact) mass is 345 g/mol. The van der Waals surface area contributed by atoms with Gasteiger partial charge in [-0.1, -0.05) is 90.5 Å². The molecule has 0 fully saturated rings. The van der Waals surface area contributed by atoms with E-state index in [-0.39, 0.29) is 6.10 Å². The molecule has 0 saturated carbocycles. The van der Waals surface area contributed by atoms with Gasteiger partial charge < -0.3 is 10.5 Å². The Balaban J connectivity index is 1.59. The van der Waals surface area contributed by atoms with Gasteiger partial charge in [-0.2, -0.15) is 0 Å². The zero-order valence-corrected chi connectivity index (χ0v) is 15.2. The molecule has 1 aliphatic rings. The van der Waals surface area contributed by atoms with Crippen molar-refractivity contribution in [3.05, 3.63) is 107 Å². The van der Waals surface area contributed by atoms with E-state index in [1.54, 1.807) is 0 Å². The fraction of sp³-hybridized carbons (Fsp3) is 0.250. The third kappa shape index (κ3) is 5.55. The van der Waals surface area contributed by atoms with E-state index in [4.69, 9.17) is 10.5 Å². The van der Waals surface area contributed by atoms with Crippen molar-refractivity contribution in [2.24, 2.45) is 5.73 Å². The van der Waals surface area contributed by atoms with Gasteiger partial charge in [0.25, 0.3) is 0 Å². The molecule has 0 spiro atoms. The lowest BCUT2D eigenvalue weighted by molar-refractivity contribution is 0.0772. The van der Waals surface area contributed by atoms with Crippen molar-refractivity contribution >= 4 is 0 Å². The molecule has 1 aliphatic carbocycles. The lowest BCUT2D eigenvalue weighted by atomic mass is 10.0. The molecule has 2 N–H and O–H groups in total. The van der Waals surface area contributed by atoms with Crippen LogP contribution in [0.2, 0.25) is 0 Å². The molecular weight excluding hydrogens is 318 g/mol. The second-order valence-corrected chi connectivity index (χ2v) is 6.57. The first kappa shape index (κ1) is 18.4. The van der Waals surface area contributed by atoms with E-state index >= 15 is 0 Å². The lowest BCUT2D eigenvalue weighted by Gasteiger charge is -2.17. The molecule has 0 aromatic heterocycles. The maximum Gasteiger partial charge on any atom is 0.0951 e. The lowest BCUT2D eigenvalue weighted by Crippen LogP contribution is -2.16. The molecule has 3 rings (SSSR count). The Bertz CT molecular complexity index is 759. The average molecular weight is 345 g/mol. The minimum atomic E-state index is -0.0644. The van der Waals surface area contributed by atoms with Crippen LogP contribution in [0.4, 0.5) is 0 Å². The highest BCUT2D eigenvalue weighted by Gasteiger charge is 2.10. The molecule has 2 aromatic rings. The highest BCUT2D eigenvalue weighted by atomic mass is 16.5. The molecule has 134 valence electrons. The Morgan fingerprint density at radius 2 is 1.62 bits per heavy atom. The van der Waals surface area contributed by atoms with Gasteiger partial charge in [-0.05, 0) is 36.0 Å². The largest absolute Gasteiger partial charge is 0.368 e. The number of rotatable bonds is 8. The predicted molar refractivity (Wildman–Crippen MR) is 109 cm³/mol. The molecular formula is C24H27NO. The van der Waals surface area contributed by atoms with Crippen molar-refractivity contribution in [2.75, 3.05) is 13.2 Å². The van der Waals surface area contributed by atoms with Crippen LogP contribution < -0.4 is 5.73 Å². The summed E-state index contributed by atoms with van der Waals surface area (Å²) in [5, 5.41) is 0. The summed E-state index contributed by atoms with van der Waals surface area (Å²) < 4.78 is 6.11. The van der Waals surface area contributed by atoms with Crippen molar-refractivity contribution in [1.82, 2.24) is 0 Å². The van der Waals surface area contributed by atoms with Crippen LogP contribution in [0.3, 0.4) is 0 Å². The highest BCUT2D eigenvalue weighted by molar-refractivity contribution is 5.35. The van der Waals surface area contributed by atoms with Crippen molar-refractivity contribution in [1.29, 1.82) is 0 Å². The summed E-state index contributed by atoms with van der Waals surface area (Å²) in [6.07, 6.45) is 12.0. The number of hydrogen-bond donors (Lipinski definition) is 1. The van der Waals surface area contributed by atoms with Crippen LogP contribution in [0.25, 0.3) is 0 Å². The van der Waals surface area contributed by atoms with Crippen LogP contribution in [0.15, 0.2) is 96.1 Å². The minimum absolute atomic E-state index is 0.0644. The van der Waals surface area contributed by atoms with Crippen molar-refractivity contribution in [3.63, 3.8) is 0 Å². The fourth-order valence-electron chi connectivity index (χ4n) is 3.15. The Hall–Kier alpha value is -2.42. The number of hydrogen-bond acceptors (Lipinski definition) is 2. The second kappa shape index (κ2) is 9.91. The van der Waals surface area contributed by atoms with Crippen molar-refractivity contribution < 1.29 is 4.74 Å². The molecule has 0 amide bonds. The zero-order chi connectivity index (χ0) is 18.0. The van der Waals surface area contributed by atoms with Crippen molar-refractivity contribution in [2.45, 2.75) is 25.4 Å². The maximum absolute atomic E-state index is 6.11. The molecule has 2 heteroatoms. The van der Waals surface area contributed by atoms with Gasteiger partial charge in [0.1, 0.15) is 0 Å². The first-order valence-electron chi connectivity index (χ1n) is 9.32. The molecule has 1 unspecified atom stereocenters. The Kier molecular flexibility index (Phi) is 7.00. The summed E-state index contributed by atoms with van der Waals surface area (Å²) in [7, 11) is 0. The van der Waals surface area contributed by atoms with Gasteiger partial charge in [-0.15, -0.1) is 0 Å². The van der Waals surface area contributed by atoms with Gasteiger partial charge in [0.2, 0.25) is 0 Å². The van der Waals surface area contributed by atoms with Gasteiger partial charge in [0, 0.05) is 6.54 Å². The Morgan fingerprint density at radius 3 is 2.35 bits per heavy atom. The third-order valence-corrected chi connectivity index (χ3v) is 4.60. The molecule has 0 aliphatic heterocycles. The van der Waals surface area contributed by atoms with Crippen LogP contribution in [0.5, 0.6) is 0 Å². The van der Waals surface area contributed by atoms with E-state index in [0.29, 0.717) is 13.2 Å². The van der Waals surface area contributed by atoms with Gasteiger partial charge in [0.05, 0.1) is 12.7 Å². The molecule has 2 nitrogen and oxygen atoms in total. The van der Waals surface area contributed by atoms with Gasteiger partial charge in [0.15, 0.2) is 0 Å². The van der Waals surface area contributed by atoms with Gasteiger partial charge in [-0.25, -0.2) is 0 Å². The molecule has 0 bridgehead atoms. The number of nitrogens with two attached hydrogens (primary N) is 1. The summed E-state index contributed by atoms with van der Waals surface area (Å²) in [5.41, 5.74) is 11.0. The number of aryl methyl sites for hydroxylation is 1. The van der Waals surface area contributed by atoms with E-state index < -0.39 is 0 Å². The standard InChI is InChI=1S/C24H27NO/c25-18-24(23-13-5-2-6-14-23)26-19-22-12-8-7-11-21(17-22)16-15-20-9-3-1-4-10-20/h1-6,8-14,17,24H,7,15-16,18-19,25H2. The number of allylic oxidation sites excluding steroid dienone is 4. The van der Waals surface area contributed by atoms with Gasteiger partial charge >= 0.3 is 0 Å². The zero-order valence-electron chi connectivity index (χ0n) is 15.2. The number of ether oxygens (including phenoxy) is 1. The summed E-state index contributed by atoms with van der Waals surface area (Å²) in [6.45, 7) is 1.06. The average Bonchev–Trinajstić information content (AvgIpc) is 2.94. The van der Waals surface area contributed by atoms with Crippen LogP contribution in [0.1, 0.15) is 30.1 Å². The quantitative estimate of drug-likeness (QED) is 0.718. The minimum Gasteiger partial charge on any atom is -0.368 e. The first-order valence-corrected chi connectivity index (χ1v) is 9.32. The Morgan fingerprint density at radius 1 is 0.885 bits per heavy atom. The molecule has 0 heterocycles. The van der Waals surface area contributed by atoms with Crippen LogP contribution in [-0.4, -0.2) is 13.2 Å². The van der Waals surface area contributed by atoms with E-state index in [0.717, 1.165) is 24.8 Å². The maximum atomic E-state index is 6.11. The number of benzene rings is 2. The van der Waals surface area contributed by atoms with E-state index in [9.17, 15) is 0 Å². The van der Waals surface area contributed by atoms with Gasteiger partial charge in [-0.3, -0.25) is 0 Å². The topological polar surface area (TPSA) is 35.2 Å². The second-order valence-electron chi connectivity index (χ2n) is 6.57. The highest BCUT2D eigenvalue weighted by Crippen LogP contribution is 2.20. The molecule has 1 atom stereocenters. The van der Waals surface area contributed by atoms with E-state index in [2.05, 4.69) is 66.8 Å². The summed E-state index contributed by atoms with van der Waals surface area (Å²) in [6, 6.07) is 20.8. The molecule has 0 saturated heterocycles. The summed E-state index contributed by atoms with van der Waals surface area (Å²) >= 11 is 0. The molecule has 0 radical (unpaired) electrons. The van der Waals surface area contributed by atoms with E-state index in [1.165, 1.54) is 16.7 Å². The Labute approximate surface area is 156 Å². The molecule has 2 aromatic carbocycles. The predicted octanol–water partition coefficient (Wildman–Crippen LogP) is 5.15. The van der Waals surface area contributed by atoms with Crippen LogP contribution in [0, 0.1) is 0 Å². The smallest absolute Gasteiger partial charge is 0.0951 e. The normalized spacial score (nSPS) is 15.1. The summed E-state index contributed by atoms with van der Waals surface area (Å²) in [4.78, 5) is 0. The third-order valence-electron chi connectivity index (χ3n) is 4.60. The van der Waals surface area contributed by atoms with Crippen LogP contribution >= 0.6 is 0 Å². The van der Waals surface area contributed by atoms with Crippen LogP contribution in [-0.2, 0) is 11.2 Å². The molecule has 26 heavy (non-hydrogen) atoms. The van der Waals surface area contributed by atoms with Crippen molar-refractivity contribution in [3.8, 4) is 0 Å².